The lowest BCUT2D eigenvalue weighted by molar-refractivity contribution is 0.392. The molecule has 0 amide bonds. The van der Waals surface area contributed by atoms with Gasteiger partial charge in [0.05, 0.1) is 0 Å². The van der Waals surface area contributed by atoms with Crippen molar-refractivity contribution in [2.24, 2.45) is 0 Å². The number of nitrogens with zero attached hydrogens (tertiary/aromatic N) is 1. The monoisotopic (exact) mass is 204 g/mol. The highest BCUT2D eigenvalue weighted by molar-refractivity contribution is 6.18. The number of rotatable bonds is 8. The van der Waals surface area contributed by atoms with Crippen LogP contribution in [0.2, 0.25) is 0 Å². The summed E-state index contributed by atoms with van der Waals surface area (Å²) in [6, 6.07) is 0. The Labute approximate surface area is 86.9 Å². The van der Waals surface area contributed by atoms with Crippen molar-refractivity contribution in [2.45, 2.75) is 12.8 Å². The van der Waals surface area contributed by atoms with Crippen molar-refractivity contribution >= 4 is 11.6 Å². The van der Waals surface area contributed by atoms with E-state index in [2.05, 4.69) is 30.4 Å². The lowest BCUT2D eigenvalue weighted by atomic mass is 10.3. The highest BCUT2D eigenvalue weighted by Gasteiger charge is 1.89. The van der Waals surface area contributed by atoms with Crippen LogP contribution in [0.25, 0.3) is 0 Å². The zero-order chi connectivity index (χ0) is 9.94. The van der Waals surface area contributed by atoms with Crippen LogP contribution in [0, 0.1) is 0 Å². The van der Waals surface area contributed by atoms with Crippen molar-refractivity contribution in [3.63, 3.8) is 0 Å². The van der Waals surface area contributed by atoms with E-state index >= 15 is 0 Å². The number of nitrogens with one attached hydrogen (secondary N) is 1. The van der Waals surface area contributed by atoms with E-state index in [1.165, 1.54) is 19.4 Å². The first-order chi connectivity index (χ1) is 6.27. The van der Waals surface area contributed by atoms with E-state index in [-0.39, 0.29) is 0 Å². The smallest absolute Gasteiger partial charge is 0.0404 e. The zero-order valence-electron chi connectivity index (χ0n) is 8.72. The van der Waals surface area contributed by atoms with Crippen molar-refractivity contribution < 1.29 is 0 Å². The van der Waals surface area contributed by atoms with E-state index in [0.29, 0.717) is 5.88 Å². The molecule has 0 spiro atoms. The molecule has 3 heteroatoms. The normalized spacial score (nSPS) is 11.7. The fourth-order valence-corrected chi connectivity index (χ4v) is 1.14. The van der Waals surface area contributed by atoms with Gasteiger partial charge in [-0.2, -0.15) is 0 Å². The van der Waals surface area contributed by atoms with Crippen molar-refractivity contribution in [3.8, 4) is 0 Å². The summed E-state index contributed by atoms with van der Waals surface area (Å²) >= 11 is 5.48. The van der Waals surface area contributed by atoms with Gasteiger partial charge in [0.1, 0.15) is 0 Å². The van der Waals surface area contributed by atoms with E-state index in [1.807, 2.05) is 6.08 Å². The first-order valence-corrected chi connectivity index (χ1v) is 5.37. The summed E-state index contributed by atoms with van der Waals surface area (Å²) in [5.41, 5.74) is 0. The minimum Gasteiger partial charge on any atom is -0.313 e. The molecule has 0 fully saturated rings. The van der Waals surface area contributed by atoms with E-state index in [9.17, 15) is 0 Å². The second-order valence-corrected chi connectivity index (χ2v) is 3.65. The predicted octanol–water partition coefficient (Wildman–Crippen LogP) is 1.71. The number of alkyl halides is 1. The lowest BCUT2D eigenvalue weighted by Gasteiger charge is -2.08. The van der Waals surface area contributed by atoms with Gasteiger partial charge in [-0.05, 0) is 40.0 Å². The molecule has 0 aromatic heterocycles. The van der Waals surface area contributed by atoms with Crippen LogP contribution in [0.5, 0.6) is 0 Å². The van der Waals surface area contributed by atoms with Crippen LogP contribution in [-0.4, -0.2) is 44.5 Å². The van der Waals surface area contributed by atoms with Gasteiger partial charge in [-0.25, -0.2) is 0 Å². The van der Waals surface area contributed by atoms with E-state index in [4.69, 9.17) is 11.6 Å². The van der Waals surface area contributed by atoms with E-state index in [0.717, 1.165) is 13.1 Å². The van der Waals surface area contributed by atoms with Gasteiger partial charge >= 0.3 is 0 Å². The van der Waals surface area contributed by atoms with Crippen LogP contribution >= 0.6 is 11.6 Å². The number of halogens is 1. The average Bonchev–Trinajstić information content (AvgIpc) is 2.09. The van der Waals surface area contributed by atoms with Crippen molar-refractivity contribution in [1.29, 1.82) is 0 Å². The molecule has 0 heterocycles. The fourth-order valence-electron chi connectivity index (χ4n) is 1.01. The first kappa shape index (κ1) is 12.9. The minimum atomic E-state index is 0.613. The van der Waals surface area contributed by atoms with Crippen molar-refractivity contribution in [3.05, 3.63) is 12.2 Å². The lowest BCUT2D eigenvalue weighted by Crippen LogP contribution is -2.18. The molecule has 0 aliphatic heterocycles. The van der Waals surface area contributed by atoms with Gasteiger partial charge in [0, 0.05) is 12.4 Å². The molecule has 1 N–H and O–H groups in total. The van der Waals surface area contributed by atoms with Crippen LogP contribution in [0.15, 0.2) is 12.2 Å². The molecule has 13 heavy (non-hydrogen) atoms. The first-order valence-electron chi connectivity index (χ1n) is 4.83. The minimum absolute atomic E-state index is 0.613. The molecular formula is C10H21ClN2. The zero-order valence-corrected chi connectivity index (χ0v) is 9.48. The number of unbranched alkanes of at least 4 members (excludes halogenated alkanes) is 1. The van der Waals surface area contributed by atoms with E-state index < -0.39 is 0 Å². The van der Waals surface area contributed by atoms with Crippen LogP contribution in [0.3, 0.4) is 0 Å². The maximum absolute atomic E-state index is 5.48. The third-order valence-corrected chi connectivity index (χ3v) is 1.90. The topological polar surface area (TPSA) is 15.3 Å². The Hall–Kier alpha value is -0.0500. The molecule has 0 rings (SSSR count). The Balaban J connectivity index is 2.95. The molecule has 0 saturated carbocycles. The molecule has 0 atom stereocenters. The van der Waals surface area contributed by atoms with Crippen molar-refractivity contribution in [1.82, 2.24) is 10.2 Å². The summed E-state index contributed by atoms with van der Waals surface area (Å²) < 4.78 is 0. The Kier molecular flexibility index (Phi) is 10.00. The molecule has 0 aromatic carbocycles. The molecule has 0 aliphatic rings. The second kappa shape index (κ2) is 10.0. The Bertz CT molecular complexity index is 124. The number of hydrogen-bond acceptors (Lipinski definition) is 2. The standard InChI is InChI=1S/C10H21ClN2/c1-13(2)10-6-5-9-12-8-4-3-7-11/h3-4,12H,5-10H2,1-2H3/b4-3+. The molecule has 0 radical (unpaired) electrons. The molecule has 78 valence electrons. The summed E-state index contributed by atoms with van der Waals surface area (Å²) in [5, 5.41) is 3.33. The highest BCUT2D eigenvalue weighted by Crippen LogP contribution is 1.88. The van der Waals surface area contributed by atoms with Gasteiger partial charge in [0.2, 0.25) is 0 Å². The van der Waals surface area contributed by atoms with Gasteiger partial charge in [-0.1, -0.05) is 12.2 Å². The van der Waals surface area contributed by atoms with Gasteiger partial charge in [0.25, 0.3) is 0 Å². The molecule has 0 saturated heterocycles. The predicted molar refractivity (Wildman–Crippen MR) is 60.5 cm³/mol. The summed E-state index contributed by atoms with van der Waals surface area (Å²) in [5.74, 6) is 0.613. The maximum atomic E-state index is 5.48. The van der Waals surface area contributed by atoms with Crippen LogP contribution in [0.1, 0.15) is 12.8 Å². The maximum Gasteiger partial charge on any atom is 0.0404 e. The van der Waals surface area contributed by atoms with Gasteiger partial charge in [-0.3, -0.25) is 0 Å². The summed E-state index contributed by atoms with van der Waals surface area (Å²) in [6.45, 7) is 3.22. The van der Waals surface area contributed by atoms with Crippen molar-refractivity contribution in [2.75, 3.05) is 39.6 Å². The molecule has 0 aromatic rings. The number of allylic oxidation sites excluding steroid dienone is 1. The average molecular weight is 205 g/mol. The van der Waals surface area contributed by atoms with Crippen LogP contribution < -0.4 is 5.32 Å². The van der Waals surface area contributed by atoms with Crippen LogP contribution in [-0.2, 0) is 0 Å². The summed E-state index contributed by atoms with van der Waals surface area (Å²) in [6.07, 6.45) is 6.54. The van der Waals surface area contributed by atoms with Crippen LogP contribution in [0.4, 0.5) is 0 Å². The molecule has 0 aliphatic carbocycles. The fraction of sp³-hybridized carbons (Fsp3) is 0.800. The van der Waals surface area contributed by atoms with Gasteiger partial charge in [-0.15, -0.1) is 11.6 Å². The quantitative estimate of drug-likeness (QED) is 0.368. The summed E-state index contributed by atoms with van der Waals surface area (Å²) in [7, 11) is 4.22. The highest BCUT2D eigenvalue weighted by atomic mass is 35.5. The third kappa shape index (κ3) is 12.0. The molecular weight excluding hydrogens is 184 g/mol. The molecule has 2 nitrogen and oxygen atoms in total. The second-order valence-electron chi connectivity index (χ2n) is 3.34. The Morgan fingerprint density at radius 1 is 1.23 bits per heavy atom. The number of hydrogen-bond donors (Lipinski definition) is 1. The summed E-state index contributed by atoms with van der Waals surface area (Å²) in [4.78, 5) is 2.22. The Morgan fingerprint density at radius 3 is 2.62 bits per heavy atom. The Morgan fingerprint density at radius 2 is 2.00 bits per heavy atom. The molecule has 0 bridgehead atoms. The SMILES string of the molecule is CN(C)CCCCNC/C=C/CCl. The van der Waals surface area contributed by atoms with Gasteiger partial charge in [0.15, 0.2) is 0 Å². The molecule has 0 unspecified atom stereocenters. The van der Waals surface area contributed by atoms with Gasteiger partial charge < -0.3 is 10.2 Å². The third-order valence-electron chi connectivity index (χ3n) is 1.73. The largest absolute Gasteiger partial charge is 0.313 e. The van der Waals surface area contributed by atoms with E-state index in [1.54, 1.807) is 0 Å².